The lowest BCUT2D eigenvalue weighted by Gasteiger charge is -2.05. The second kappa shape index (κ2) is 5.38. The number of ether oxygens (including phenoxy) is 1. The first kappa shape index (κ1) is 9.81. The van der Waals surface area contributed by atoms with E-state index in [1.165, 1.54) is 0 Å². The van der Waals surface area contributed by atoms with Crippen molar-refractivity contribution >= 4 is 0 Å². The largest absolute Gasteiger partial charge is 0.489 e. The van der Waals surface area contributed by atoms with Crippen molar-refractivity contribution in [3.8, 4) is 5.75 Å². The van der Waals surface area contributed by atoms with Crippen LogP contribution >= 0.6 is 0 Å². The van der Waals surface area contributed by atoms with Gasteiger partial charge >= 0.3 is 0 Å². The van der Waals surface area contributed by atoms with Gasteiger partial charge in [0.2, 0.25) is 0 Å². The van der Waals surface area contributed by atoms with E-state index in [4.69, 9.17) is 10.5 Å². The molecule has 2 N–H and O–H groups in total. The molecule has 1 rings (SSSR count). The fourth-order valence-corrected chi connectivity index (χ4v) is 0.974. The van der Waals surface area contributed by atoms with Crippen LogP contribution < -0.4 is 10.5 Å². The standard InChI is InChI=1S/C11H15NO/c1-10(7-8-12)9-13-11-5-3-2-4-6-11/h2-7H,8-9,12H2,1H3. The van der Waals surface area contributed by atoms with Crippen molar-refractivity contribution in [3.63, 3.8) is 0 Å². The van der Waals surface area contributed by atoms with Gasteiger partial charge in [0.05, 0.1) is 0 Å². The maximum Gasteiger partial charge on any atom is 0.119 e. The van der Waals surface area contributed by atoms with Gasteiger partial charge in [-0.3, -0.25) is 0 Å². The van der Waals surface area contributed by atoms with E-state index >= 15 is 0 Å². The van der Waals surface area contributed by atoms with Crippen LogP contribution in [0.15, 0.2) is 42.0 Å². The molecule has 2 nitrogen and oxygen atoms in total. The van der Waals surface area contributed by atoms with Gasteiger partial charge in [0.25, 0.3) is 0 Å². The third-order valence-corrected chi connectivity index (χ3v) is 1.68. The van der Waals surface area contributed by atoms with Gasteiger partial charge in [0, 0.05) is 6.54 Å². The summed E-state index contributed by atoms with van der Waals surface area (Å²) in [5.41, 5.74) is 6.53. The van der Waals surface area contributed by atoms with E-state index in [1.54, 1.807) is 0 Å². The number of hydrogen-bond donors (Lipinski definition) is 1. The Balaban J connectivity index is 2.39. The summed E-state index contributed by atoms with van der Waals surface area (Å²) in [4.78, 5) is 0. The van der Waals surface area contributed by atoms with Gasteiger partial charge in [0.1, 0.15) is 12.4 Å². The van der Waals surface area contributed by atoms with Crippen LogP contribution in [0.25, 0.3) is 0 Å². The molecule has 0 unspecified atom stereocenters. The lowest BCUT2D eigenvalue weighted by Crippen LogP contribution is -2.02. The molecule has 0 aromatic heterocycles. The first-order chi connectivity index (χ1) is 6.33. The van der Waals surface area contributed by atoms with Gasteiger partial charge < -0.3 is 10.5 Å². The summed E-state index contributed by atoms with van der Waals surface area (Å²) in [6.07, 6.45) is 1.96. The van der Waals surface area contributed by atoms with Crippen LogP contribution in [0.2, 0.25) is 0 Å². The highest BCUT2D eigenvalue weighted by Crippen LogP contribution is 2.09. The Labute approximate surface area is 79.0 Å². The fourth-order valence-electron chi connectivity index (χ4n) is 0.974. The van der Waals surface area contributed by atoms with Crippen LogP contribution in [-0.4, -0.2) is 13.2 Å². The van der Waals surface area contributed by atoms with Gasteiger partial charge in [-0.1, -0.05) is 24.3 Å². The first-order valence-corrected chi connectivity index (χ1v) is 4.36. The summed E-state index contributed by atoms with van der Waals surface area (Å²) in [5, 5.41) is 0. The molecule has 1 aromatic rings. The van der Waals surface area contributed by atoms with Crippen molar-refractivity contribution in [1.29, 1.82) is 0 Å². The quantitative estimate of drug-likeness (QED) is 0.714. The van der Waals surface area contributed by atoms with E-state index in [0.717, 1.165) is 11.3 Å². The summed E-state index contributed by atoms with van der Waals surface area (Å²) >= 11 is 0. The van der Waals surface area contributed by atoms with E-state index < -0.39 is 0 Å². The van der Waals surface area contributed by atoms with Crippen molar-refractivity contribution in [3.05, 3.63) is 42.0 Å². The Hall–Kier alpha value is -1.28. The second-order valence-electron chi connectivity index (χ2n) is 2.89. The number of rotatable bonds is 4. The fraction of sp³-hybridized carbons (Fsp3) is 0.273. The molecule has 0 aliphatic heterocycles. The number of nitrogens with two attached hydrogens (primary N) is 1. The molecule has 0 amide bonds. The van der Waals surface area contributed by atoms with Crippen LogP contribution in [0.4, 0.5) is 0 Å². The predicted molar refractivity (Wildman–Crippen MR) is 54.7 cm³/mol. The molecule has 13 heavy (non-hydrogen) atoms. The molecule has 70 valence electrons. The van der Waals surface area contributed by atoms with Gasteiger partial charge in [0.15, 0.2) is 0 Å². The Kier molecular flexibility index (Phi) is 4.06. The van der Waals surface area contributed by atoms with Crippen LogP contribution in [0, 0.1) is 0 Å². The van der Waals surface area contributed by atoms with E-state index in [0.29, 0.717) is 13.2 Å². The molecule has 0 saturated carbocycles. The van der Waals surface area contributed by atoms with Crippen molar-refractivity contribution < 1.29 is 4.74 Å². The monoisotopic (exact) mass is 177 g/mol. The van der Waals surface area contributed by atoms with Gasteiger partial charge in [-0.25, -0.2) is 0 Å². The molecule has 0 fully saturated rings. The zero-order valence-electron chi connectivity index (χ0n) is 7.86. The Morgan fingerprint density at radius 2 is 2.08 bits per heavy atom. The second-order valence-corrected chi connectivity index (χ2v) is 2.89. The van der Waals surface area contributed by atoms with Crippen LogP contribution in [0.3, 0.4) is 0 Å². The molecule has 0 radical (unpaired) electrons. The molecule has 0 aliphatic rings. The van der Waals surface area contributed by atoms with Gasteiger partial charge in [-0.2, -0.15) is 0 Å². The Morgan fingerprint density at radius 3 is 2.69 bits per heavy atom. The van der Waals surface area contributed by atoms with Crippen LogP contribution in [0.5, 0.6) is 5.75 Å². The summed E-state index contributed by atoms with van der Waals surface area (Å²) in [6.45, 7) is 3.20. The highest BCUT2D eigenvalue weighted by Gasteiger charge is 1.91. The minimum atomic E-state index is 0.573. The molecule has 0 spiro atoms. The van der Waals surface area contributed by atoms with Crippen molar-refractivity contribution in [2.24, 2.45) is 5.73 Å². The third-order valence-electron chi connectivity index (χ3n) is 1.68. The molecule has 0 saturated heterocycles. The van der Waals surface area contributed by atoms with Crippen molar-refractivity contribution in [2.75, 3.05) is 13.2 Å². The Bertz CT molecular complexity index is 267. The van der Waals surface area contributed by atoms with E-state index in [2.05, 4.69) is 0 Å². The summed E-state index contributed by atoms with van der Waals surface area (Å²) in [5.74, 6) is 0.896. The highest BCUT2D eigenvalue weighted by molar-refractivity contribution is 5.21. The van der Waals surface area contributed by atoms with E-state index in [9.17, 15) is 0 Å². The summed E-state index contributed by atoms with van der Waals surface area (Å²) in [7, 11) is 0. The third kappa shape index (κ3) is 3.76. The molecule has 0 atom stereocenters. The van der Waals surface area contributed by atoms with Gasteiger partial charge in [-0.05, 0) is 24.6 Å². The number of hydrogen-bond acceptors (Lipinski definition) is 2. The molecule has 0 heterocycles. The lowest BCUT2D eigenvalue weighted by atomic mass is 10.3. The molecule has 1 aromatic carbocycles. The highest BCUT2D eigenvalue weighted by atomic mass is 16.5. The smallest absolute Gasteiger partial charge is 0.119 e. The van der Waals surface area contributed by atoms with Crippen molar-refractivity contribution in [1.82, 2.24) is 0 Å². The normalized spacial score (nSPS) is 11.4. The van der Waals surface area contributed by atoms with Crippen LogP contribution in [-0.2, 0) is 0 Å². The SMILES string of the molecule is CC(=CCN)COc1ccccc1. The number of benzene rings is 1. The zero-order chi connectivity index (χ0) is 9.52. The molecule has 2 heteroatoms. The molecular weight excluding hydrogens is 162 g/mol. The van der Waals surface area contributed by atoms with Crippen LogP contribution in [0.1, 0.15) is 6.92 Å². The maximum absolute atomic E-state index is 5.50. The molecular formula is C11H15NO. The molecule has 0 bridgehead atoms. The maximum atomic E-state index is 5.50. The van der Waals surface area contributed by atoms with E-state index in [-0.39, 0.29) is 0 Å². The van der Waals surface area contributed by atoms with E-state index in [1.807, 2.05) is 43.3 Å². The lowest BCUT2D eigenvalue weighted by molar-refractivity contribution is 0.352. The average molecular weight is 177 g/mol. The van der Waals surface area contributed by atoms with Gasteiger partial charge in [-0.15, -0.1) is 0 Å². The topological polar surface area (TPSA) is 35.2 Å². The minimum absolute atomic E-state index is 0.573. The zero-order valence-corrected chi connectivity index (χ0v) is 7.86. The first-order valence-electron chi connectivity index (χ1n) is 4.36. The average Bonchev–Trinajstić information content (AvgIpc) is 2.17. The summed E-state index contributed by atoms with van der Waals surface area (Å²) < 4.78 is 5.50. The molecule has 0 aliphatic carbocycles. The number of para-hydroxylation sites is 1. The summed E-state index contributed by atoms with van der Waals surface area (Å²) in [6, 6.07) is 9.76. The van der Waals surface area contributed by atoms with Crippen molar-refractivity contribution in [2.45, 2.75) is 6.92 Å². The Morgan fingerprint density at radius 1 is 1.38 bits per heavy atom. The minimum Gasteiger partial charge on any atom is -0.489 e. The predicted octanol–water partition coefficient (Wildman–Crippen LogP) is 1.97.